The highest BCUT2D eigenvalue weighted by Gasteiger charge is 2.12. The molecule has 1 aromatic carbocycles. The minimum absolute atomic E-state index is 0.256. The lowest BCUT2D eigenvalue weighted by Gasteiger charge is -2.14. The van der Waals surface area contributed by atoms with Crippen LogP contribution in [-0.4, -0.2) is 36.7 Å². The van der Waals surface area contributed by atoms with Gasteiger partial charge in [-0.25, -0.2) is 4.79 Å². The molecular formula is C13H20N2O4. The average Bonchev–Trinajstić information content (AvgIpc) is 2.41. The second-order valence-electron chi connectivity index (χ2n) is 3.80. The van der Waals surface area contributed by atoms with Crippen molar-refractivity contribution in [3.63, 3.8) is 0 Å². The minimum atomic E-state index is -0.968. The van der Waals surface area contributed by atoms with E-state index in [0.29, 0.717) is 0 Å². The fourth-order valence-corrected chi connectivity index (χ4v) is 1.20. The van der Waals surface area contributed by atoms with E-state index < -0.39 is 5.97 Å². The largest absolute Gasteiger partial charge is 0.480 e. The lowest BCUT2D eigenvalue weighted by Crippen LogP contribution is -2.27. The molecule has 0 unspecified atom stereocenters. The number of anilines is 1. The Bertz CT molecular complexity index is 421. The molecule has 0 amide bonds. The lowest BCUT2D eigenvalue weighted by molar-refractivity contribution is -0.141. The van der Waals surface area contributed by atoms with Gasteiger partial charge in [-0.2, -0.15) is 0 Å². The second kappa shape index (κ2) is 8.93. The molecule has 4 N–H and O–H groups in total. The van der Waals surface area contributed by atoms with Crippen molar-refractivity contribution in [2.75, 3.05) is 19.0 Å². The standard InChI is InChI=1S/C11H15NO2.C2H5NO2/c1-8-6-4-5-7-10(8)12-9(2)11(13)14-3;3-1-2(4)5/h4-7,9,12H,1-3H3;1,3H2,(H,4,5)/t9-;/m0./s1. The van der Waals surface area contributed by atoms with Crippen LogP contribution in [0.2, 0.25) is 0 Å². The fraction of sp³-hybridized carbons (Fsp3) is 0.385. The van der Waals surface area contributed by atoms with Crippen LogP contribution in [0.3, 0.4) is 0 Å². The van der Waals surface area contributed by atoms with Gasteiger partial charge in [-0.3, -0.25) is 4.79 Å². The number of carbonyl (C=O) groups excluding carboxylic acids is 1. The summed E-state index contributed by atoms with van der Waals surface area (Å²) < 4.78 is 4.62. The summed E-state index contributed by atoms with van der Waals surface area (Å²) in [5.41, 5.74) is 6.65. The molecule has 19 heavy (non-hydrogen) atoms. The van der Waals surface area contributed by atoms with E-state index in [4.69, 9.17) is 5.11 Å². The van der Waals surface area contributed by atoms with Gasteiger partial charge in [0, 0.05) is 5.69 Å². The molecule has 0 spiro atoms. The molecular weight excluding hydrogens is 248 g/mol. The normalized spacial score (nSPS) is 10.7. The van der Waals surface area contributed by atoms with Crippen molar-refractivity contribution < 1.29 is 19.4 Å². The fourth-order valence-electron chi connectivity index (χ4n) is 1.20. The quantitative estimate of drug-likeness (QED) is 0.704. The van der Waals surface area contributed by atoms with E-state index in [1.165, 1.54) is 7.11 Å². The Labute approximate surface area is 112 Å². The summed E-state index contributed by atoms with van der Waals surface area (Å²) >= 11 is 0. The van der Waals surface area contributed by atoms with Gasteiger partial charge in [0.15, 0.2) is 0 Å². The molecule has 6 nitrogen and oxygen atoms in total. The van der Waals surface area contributed by atoms with Gasteiger partial charge >= 0.3 is 11.9 Å². The van der Waals surface area contributed by atoms with E-state index in [1.54, 1.807) is 6.92 Å². The van der Waals surface area contributed by atoms with Crippen molar-refractivity contribution in [1.82, 2.24) is 0 Å². The smallest absolute Gasteiger partial charge is 0.327 e. The molecule has 0 radical (unpaired) electrons. The number of carbonyl (C=O) groups is 2. The molecule has 0 heterocycles. The topological polar surface area (TPSA) is 102 Å². The Morgan fingerprint density at radius 3 is 2.37 bits per heavy atom. The first-order chi connectivity index (χ1) is 8.92. The zero-order chi connectivity index (χ0) is 14.8. The van der Waals surface area contributed by atoms with Gasteiger partial charge < -0.3 is 20.9 Å². The molecule has 1 rings (SSSR count). The Kier molecular flexibility index (Phi) is 7.95. The zero-order valence-electron chi connectivity index (χ0n) is 11.3. The molecule has 0 saturated heterocycles. The predicted molar refractivity (Wildman–Crippen MR) is 73.0 cm³/mol. The summed E-state index contributed by atoms with van der Waals surface area (Å²) in [6.45, 7) is 3.49. The maximum absolute atomic E-state index is 11.1. The maximum Gasteiger partial charge on any atom is 0.327 e. The van der Waals surface area contributed by atoms with E-state index in [2.05, 4.69) is 15.8 Å². The molecule has 0 aliphatic heterocycles. The Morgan fingerprint density at radius 1 is 1.42 bits per heavy atom. The summed E-state index contributed by atoms with van der Waals surface area (Å²) in [4.78, 5) is 20.4. The Morgan fingerprint density at radius 2 is 1.95 bits per heavy atom. The SMILES string of the molecule is COC(=O)[C@H](C)Nc1ccccc1C.NCC(=O)O. The third-order valence-corrected chi connectivity index (χ3v) is 2.25. The number of carboxylic acid groups (broad SMARTS) is 1. The molecule has 0 aliphatic carbocycles. The van der Waals surface area contributed by atoms with Crippen molar-refractivity contribution in [3.05, 3.63) is 29.8 Å². The molecule has 0 aromatic heterocycles. The van der Waals surface area contributed by atoms with Crippen molar-refractivity contribution in [3.8, 4) is 0 Å². The number of carboxylic acids is 1. The molecule has 1 aromatic rings. The summed E-state index contributed by atoms with van der Waals surface area (Å²) in [5, 5.41) is 10.7. The summed E-state index contributed by atoms with van der Waals surface area (Å²) in [6, 6.07) is 7.50. The van der Waals surface area contributed by atoms with Gasteiger partial charge in [0.05, 0.1) is 13.7 Å². The van der Waals surface area contributed by atoms with Crippen LogP contribution in [0.15, 0.2) is 24.3 Å². The van der Waals surface area contributed by atoms with Crippen molar-refractivity contribution >= 4 is 17.6 Å². The average molecular weight is 268 g/mol. The zero-order valence-corrected chi connectivity index (χ0v) is 11.3. The third kappa shape index (κ3) is 7.05. The van der Waals surface area contributed by atoms with Gasteiger partial charge in [0.1, 0.15) is 6.04 Å². The van der Waals surface area contributed by atoms with Crippen LogP contribution in [0.5, 0.6) is 0 Å². The molecule has 0 aliphatic rings. The maximum atomic E-state index is 11.1. The molecule has 106 valence electrons. The molecule has 0 saturated carbocycles. The van der Waals surface area contributed by atoms with Crippen LogP contribution < -0.4 is 11.1 Å². The van der Waals surface area contributed by atoms with Crippen LogP contribution in [0.25, 0.3) is 0 Å². The van der Waals surface area contributed by atoms with Gasteiger partial charge in [-0.05, 0) is 25.5 Å². The first-order valence-corrected chi connectivity index (χ1v) is 5.74. The number of hydrogen-bond donors (Lipinski definition) is 3. The predicted octanol–water partition coefficient (Wildman–Crippen LogP) is 0.998. The van der Waals surface area contributed by atoms with Gasteiger partial charge in [0.2, 0.25) is 0 Å². The van der Waals surface area contributed by atoms with Crippen LogP contribution in [-0.2, 0) is 14.3 Å². The highest BCUT2D eigenvalue weighted by Crippen LogP contribution is 2.14. The number of rotatable bonds is 4. The number of methoxy groups -OCH3 is 1. The highest BCUT2D eigenvalue weighted by atomic mass is 16.5. The van der Waals surface area contributed by atoms with E-state index >= 15 is 0 Å². The second-order valence-corrected chi connectivity index (χ2v) is 3.80. The summed E-state index contributed by atoms with van der Waals surface area (Å²) in [7, 11) is 1.39. The number of esters is 1. The minimum Gasteiger partial charge on any atom is -0.480 e. The van der Waals surface area contributed by atoms with E-state index in [0.717, 1.165) is 11.3 Å². The molecule has 0 bridgehead atoms. The van der Waals surface area contributed by atoms with Crippen molar-refractivity contribution in [2.24, 2.45) is 5.73 Å². The number of para-hydroxylation sites is 1. The number of aryl methyl sites for hydroxylation is 1. The Balaban J connectivity index is 0.000000555. The van der Waals surface area contributed by atoms with E-state index in [9.17, 15) is 9.59 Å². The lowest BCUT2D eigenvalue weighted by atomic mass is 10.2. The van der Waals surface area contributed by atoms with E-state index in [1.807, 2.05) is 31.2 Å². The third-order valence-electron chi connectivity index (χ3n) is 2.25. The summed E-state index contributed by atoms with van der Waals surface area (Å²) in [6.07, 6.45) is 0. The van der Waals surface area contributed by atoms with Crippen LogP contribution in [0.1, 0.15) is 12.5 Å². The van der Waals surface area contributed by atoms with Crippen LogP contribution >= 0.6 is 0 Å². The van der Waals surface area contributed by atoms with Gasteiger partial charge in [-0.1, -0.05) is 18.2 Å². The van der Waals surface area contributed by atoms with Crippen LogP contribution in [0.4, 0.5) is 5.69 Å². The van der Waals surface area contributed by atoms with Gasteiger partial charge in [-0.15, -0.1) is 0 Å². The number of aliphatic carboxylic acids is 1. The van der Waals surface area contributed by atoms with Crippen LogP contribution in [0, 0.1) is 6.92 Å². The molecule has 0 fully saturated rings. The number of ether oxygens (including phenoxy) is 1. The van der Waals surface area contributed by atoms with Crippen molar-refractivity contribution in [1.29, 1.82) is 0 Å². The first kappa shape index (κ1) is 16.9. The summed E-state index contributed by atoms with van der Waals surface area (Å²) in [5.74, 6) is -1.22. The first-order valence-electron chi connectivity index (χ1n) is 5.74. The number of nitrogens with one attached hydrogen (secondary N) is 1. The monoisotopic (exact) mass is 268 g/mol. The Hall–Kier alpha value is -2.08. The molecule has 1 atom stereocenters. The van der Waals surface area contributed by atoms with Crippen molar-refractivity contribution in [2.45, 2.75) is 19.9 Å². The molecule has 6 heteroatoms. The number of benzene rings is 1. The number of nitrogens with two attached hydrogens (primary N) is 1. The van der Waals surface area contributed by atoms with E-state index in [-0.39, 0.29) is 18.6 Å². The van der Waals surface area contributed by atoms with Gasteiger partial charge in [0.25, 0.3) is 0 Å². The highest BCUT2D eigenvalue weighted by molar-refractivity contribution is 5.79. The number of hydrogen-bond acceptors (Lipinski definition) is 5.